The first-order chi connectivity index (χ1) is 10.7. The molecule has 0 bridgehead atoms. The maximum Gasteiger partial charge on any atom is 0.328 e. The molecule has 0 unspecified atom stereocenters. The molecule has 2 aromatic rings. The molecule has 6 nitrogen and oxygen atoms in total. The molecule has 0 aliphatic rings. The highest BCUT2D eigenvalue weighted by molar-refractivity contribution is 5.62. The Morgan fingerprint density at radius 1 is 1.23 bits per heavy atom. The van der Waals surface area contributed by atoms with Crippen molar-refractivity contribution in [1.82, 2.24) is 9.55 Å². The van der Waals surface area contributed by atoms with E-state index in [4.69, 9.17) is 5.11 Å². The maximum atomic E-state index is 12.1. The van der Waals surface area contributed by atoms with E-state index in [0.717, 1.165) is 24.1 Å². The van der Waals surface area contributed by atoms with Crippen molar-refractivity contribution in [2.24, 2.45) is 0 Å². The van der Waals surface area contributed by atoms with Crippen LogP contribution in [0.3, 0.4) is 0 Å². The molecule has 0 saturated heterocycles. The Kier molecular flexibility index (Phi) is 5.55. The number of nitrogens with one attached hydrogen (secondary N) is 2. The van der Waals surface area contributed by atoms with Gasteiger partial charge in [0, 0.05) is 24.8 Å². The van der Waals surface area contributed by atoms with E-state index in [0.29, 0.717) is 18.8 Å². The fourth-order valence-corrected chi connectivity index (χ4v) is 2.17. The van der Waals surface area contributed by atoms with Crippen LogP contribution in [0, 0.1) is 0 Å². The number of hydrogen-bond donors (Lipinski definition) is 3. The van der Waals surface area contributed by atoms with E-state index in [1.165, 1.54) is 10.6 Å². The smallest absolute Gasteiger partial charge is 0.328 e. The Labute approximate surface area is 128 Å². The first-order valence-corrected chi connectivity index (χ1v) is 7.45. The van der Waals surface area contributed by atoms with Crippen LogP contribution in [0.25, 0.3) is 11.3 Å². The minimum Gasteiger partial charge on any atom is -0.395 e. The van der Waals surface area contributed by atoms with Gasteiger partial charge in [0.05, 0.1) is 12.3 Å². The van der Waals surface area contributed by atoms with Crippen molar-refractivity contribution in [2.75, 3.05) is 18.5 Å². The Morgan fingerprint density at radius 3 is 2.55 bits per heavy atom. The second-order valence-electron chi connectivity index (χ2n) is 5.06. The van der Waals surface area contributed by atoms with Gasteiger partial charge in [0.1, 0.15) is 0 Å². The SMILES string of the molecule is CCCCn1c(=O)cc(-c2ccc(NCCO)cc2)[nH]c1=O. The summed E-state index contributed by atoms with van der Waals surface area (Å²) in [5.74, 6) is 0. The van der Waals surface area contributed by atoms with Gasteiger partial charge < -0.3 is 15.4 Å². The number of hydrogen-bond acceptors (Lipinski definition) is 4. The molecule has 22 heavy (non-hydrogen) atoms. The Morgan fingerprint density at radius 2 is 1.95 bits per heavy atom. The molecule has 118 valence electrons. The predicted molar refractivity (Wildman–Crippen MR) is 87.2 cm³/mol. The van der Waals surface area contributed by atoms with Crippen LogP contribution in [0.2, 0.25) is 0 Å². The number of anilines is 1. The Balaban J connectivity index is 2.26. The molecule has 0 aliphatic carbocycles. The molecule has 1 heterocycles. The maximum absolute atomic E-state index is 12.1. The lowest BCUT2D eigenvalue weighted by atomic mass is 10.1. The van der Waals surface area contributed by atoms with Crippen LogP contribution >= 0.6 is 0 Å². The summed E-state index contributed by atoms with van der Waals surface area (Å²) in [6, 6.07) is 8.77. The normalized spacial score (nSPS) is 10.6. The van der Waals surface area contributed by atoms with Gasteiger partial charge in [-0.25, -0.2) is 4.79 Å². The third-order valence-corrected chi connectivity index (χ3v) is 3.39. The first kappa shape index (κ1) is 16.0. The standard InChI is InChI=1S/C16H21N3O3/c1-2-3-9-19-15(21)11-14(18-16(19)22)12-4-6-13(7-5-12)17-8-10-20/h4-7,11,17,20H,2-3,8-10H2,1H3,(H,18,22). The van der Waals surface area contributed by atoms with Gasteiger partial charge in [-0.05, 0) is 24.1 Å². The third-order valence-electron chi connectivity index (χ3n) is 3.39. The van der Waals surface area contributed by atoms with E-state index in [2.05, 4.69) is 10.3 Å². The van der Waals surface area contributed by atoms with Crippen LogP contribution in [-0.2, 0) is 6.54 Å². The molecular weight excluding hydrogens is 282 g/mol. The first-order valence-electron chi connectivity index (χ1n) is 7.45. The number of aliphatic hydroxyl groups is 1. The predicted octanol–water partition coefficient (Wildman–Crippen LogP) is 1.41. The molecule has 2 rings (SSSR count). The second-order valence-corrected chi connectivity index (χ2v) is 5.06. The summed E-state index contributed by atoms with van der Waals surface area (Å²) in [6.07, 6.45) is 1.73. The quantitative estimate of drug-likeness (QED) is 0.721. The number of aliphatic hydroxyl groups excluding tert-OH is 1. The summed E-state index contributed by atoms with van der Waals surface area (Å²) in [4.78, 5) is 26.8. The number of nitrogens with zero attached hydrogens (tertiary/aromatic N) is 1. The molecule has 0 aliphatic heterocycles. The van der Waals surface area contributed by atoms with Crippen LogP contribution in [0.1, 0.15) is 19.8 Å². The average molecular weight is 303 g/mol. The van der Waals surface area contributed by atoms with E-state index >= 15 is 0 Å². The van der Waals surface area contributed by atoms with E-state index in [1.54, 1.807) is 0 Å². The highest BCUT2D eigenvalue weighted by Gasteiger charge is 2.06. The van der Waals surface area contributed by atoms with Crippen molar-refractivity contribution in [3.8, 4) is 11.3 Å². The van der Waals surface area contributed by atoms with E-state index in [1.807, 2.05) is 31.2 Å². The lowest BCUT2D eigenvalue weighted by molar-refractivity contribution is 0.311. The van der Waals surface area contributed by atoms with Gasteiger partial charge in [-0.2, -0.15) is 0 Å². The third kappa shape index (κ3) is 3.85. The second kappa shape index (κ2) is 7.61. The van der Waals surface area contributed by atoms with Gasteiger partial charge >= 0.3 is 5.69 Å². The molecule has 6 heteroatoms. The highest BCUT2D eigenvalue weighted by atomic mass is 16.3. The van der Waals surface area contributed by atoms with Gasteiger partial charge in [-0.3, -0.25) is 9.36 Å². The van der Waals surface area contributed by atoms with Crippen LogP contribution in [0.15, 0.2) is 39.9 Å². The van der Waals surface area contributed by atoms with E-state index < -0.39 is 0 Å². The fraction of sp³-hybridized carbons (Fsp3) is 0.375. The van der Waals surface area contributed by atoms with Crippen LogP contribution in [0.5, 0.6) is 0 Å². The minimum absolute atomic E-state index is 0.0606. The van der Waals surface area contributed by atoms with Crippen molar-refractivity contribution in [3.05, 3.63) is 51.2 Å². The molecule has 1 aromatic heterocycles. The molecule has 0 saturated carbocycles. The van der Waals surface area contributed by atoms with Gasteiger partial charge in [0.25, 0.3) is 5.56 Å². The summed E-state index contributed by atoms with van der Waals surface area (Å²) in [7, 11) is 0. The fourth-order valence-electron chi connectivity index (χ4n) is 2.17. The number of rotatable bonds is 7. The monoisotopic (exact) mass is 303 g/mol. The number of aromatic nitrogens is 2. The number of aromatic amines is 1. The van der Waals surface area contributed by atoms with Crippen LogP contribution in [-0.4, -0.2) is 27.8 Å². The van der Waals surface area contributed by atoms with Crippen LogP contribution < -0.4 is 16.6 Å². The zero-order valence-electron chi connectivity index (χ0n) is 12.6. The Bertz CT molecular complexity index is 685. The van der Waals surface area contributed by atoms with Crippen molar-refractivity contribution >= 4 is 5.69 Å². The van der Waals surface area contributed by atoms with Gasteiger partial charge in [-0.1, -0.05) is 25.5 Å². The molecule has 1 aromatic carbocycles. The largest absolute Gasteiger partial charge is 0.395 e. The molecule has 0 radical (unpaired) electrons. The summed E-state index contributed by atoms with van der Waals surface area (Å²) >= 11 is 0. The highest BCUT2D eigenvalue weighted by Crippen LogP contribution is 2.17. The van der Waals surface area contributed by atoms with Crippen molar-refractivity contribution in [1.29, 1.82) is 0 Å². The zero-order chi connectivity index (χ0) is 15.9. The Hall–Kier alpha value is -2.34. The number of unbranched alkanes of at least 4 members (excludes halogenated alkanes) is 1. The lowest BCUT2D eigenvalue weighted by Gasteiger charge is -2.08. The van der Waals surface area contributed by atoms with Crippen LogP contribution in [0.4, 0.5) is 5.69 Å². The molecule has 0 amide bonds. The van der Waals surface area contributed by atoms with Gasteiger partial charge in [0.15, 0.2) is 0 Å². The topological polar surface area (TPSA) is 87.1 Å². The van der Waals surface area contributed by atoms with Crippen molar-refractivity contribution in [3.63, 3.8) is 0 Å². The number of H-pyrrole nitrogens is 1. The van der Waals surface area contributed by atoms with Gasteiger partial charge in [0.2, 0.25) is 0 Å². The minimum atomic E-state index is -0.376. The van der Waals surface area contributed by atoms with Crippen molar-refractivity contribution < 1.29 is 5.11 Å². The summed E-state index contributed by atoms with van der Waals surface area (Å²) in [6.45, 7) is 2.99. The average Bonchev–Trinajstić information content (AvgIpc) is 2.52. The summed E-state index contributed by atoms with van der Waals surface area (Å²) in [5.41, 5.74) is 1.49. The summed E-state index contributed by atoms with van der Waals surface area (Å²) in [5, 5.41) is 11.8. The molecule has 0 fully saturated rings. The summed E-state index contributed by atoms with van der Waals surface area (Å²) < 4.78 is 1.23. The zero-order valence-corrected chi connectivity index (χ0v) is 12.6. The molecule has 0 spiro atoms. The van der Waals surface area contributed by atoms with E-state index in [9.17, 15) is 9.59 Å². The molecule has 3 N–H and O–H groups in total. The van der Waals surface area contributed by atoms with Gasteiger partial charge in [-0.15, -0.1) is 0 Å². The lowest BCUT2D eigenvalue weighted by Crippen LogP contribution is -2.34. The molecular formula is C16H21N3O3. The van der Waals surface area contributed by atoms with Crippen molar-refractivity contribution in [2.45, 2.75) is 26.3 Å². The van der Waals surface area contributed by atoms with E-state index in [-0.39, 0.29) is 17.9 Å². The molecule has 0 atom stereocenters. The number of benzene rings is 1.